The Balaban J connectivity index is 1.49. The summed E-state index contributed by atoms with van der Waals surface area (Å²) in [7, 11) is 0. The largest absolute Gasteiger partial charge is 0.491 e. The zero-order valence-corrected chi connectivity index (χ0v) is 17.3. The van der Waals surface area contributed by atoms with Crippen LogP contribution in [0.3, 0.4) is 0 Å². The molecule has 6 heteroatoms. The van der Waals surface area contributed by atoms with E-state index in [1.54, 1.807) is 18.2 Å². The van der Waals surface area contributed by atoms with Gasteiger partial charge in [-0.1, -0.05) is 65.7 Å². The summed E-state index contributed by atoms with van der Waals surface area (Å²) >= 11 is 11.9. The molecular formula is C23H22Cl2N2O2. The molecular weight excluding hydrogens is 407 g/mol. The number of nitrogens with one attached hydrogen (secondary N) is 2. The van der Waals surface area contributed by atoms with Crippen molar-refractivity contribution in [2.24, 2.45) is 0 Å². The molecule has 0 saturated carbocycles. The molecule has 0 aliphatic carbocycles. The van der Waals surface area contributed by atoms with Crippen molar-refractivity contribution in [3.05, 3.63) is 88.4 Å². The van der Waals surface area contributed by atoms with E-state index in [0.717, 1.165) is 12.8 Å². The Hall–Kier alpha value is -2.69. The molecule has 29 heavy (non-hydrogen) atoms. The van der Waals surface area contributed by atoms with Crippen molar-refractivity contribution >= 4 is 40.5 Å². The average molecular weight is 429 g/mol. The third-order valence-electron chi connectivity index (χ3n) is 4.19. The highest BCUT2D eigenvalue weighted by atomic mass is 35.5. The first-order chi connectivity index (χ1) is 14.1. The molecule has 3 aromatic carbocycles. The Bertz CT molecular complexity index is 928. The second-order valence-electron chi connectivity index (χ2n) is 6.49. The minimum absolute atomic E-state index is 0.0824. The van der Waals surface area contributed by atoms with Gasteiger partial charge < -0.3 is 15.4 Å². The van der Waals surface area contributed by atoms with E-state index in [9.17, 15) is 4.79 Å². The lowest BCUT2D eigenvalue weighted by molar-refractivity contribution is -0.114. The Morgan fingerprint density at radius 2 is 1.59 bits per heavy atom. The maximum Gasteiger partial charge on any atom is 0.243 e. The minimum Gasteiger partial charge on any atom is -0.491 e. The molecule has 0 heterocycles. The molecule has 1 amide bonds. The summed E-state index contributed by atoms with van der Waals surface area (Å²) in [6, 6.07) is 22.8. The van der Waals surface area contributed by atoms with Gasteiger partial charge in [0, 0.05) is 15.7 Å². The van der Waals surface area contributed by atoms with Gasteiger partial charge in [0.2, 0.25) is 5.91 Å². The Morgan fingerprint density at radius 1 is 0.897 bits per heavy atom. The molecule has 3 rings (SSSR count). The van der Waals surface area contributed by atoms with Crippen molar-refractivity contribution in [2.45, 2.75) is 12.8 Å². The first-order valence-electron chi connectivity index (χ1n) is 9.36. The Kier molecular flexibility index (Phi) is 7.79. The fraction of sp³-hybridized carbons (Fsp3) is 0.174. The molecule has 0 radical (unpaired) electrons. The average Bonchev–Trinajstić information content (AvgIpc) is 2.71. The summed E-state index contributed by atoms with van der Waals surface area (Å²) < 4.78 is 5.88. The van der Waals surface area contributed by atoms with E-state index < -0.39 is 0 Å². The van der Waals surface area contributed by atoms with Gasteiger partial charge in [-0.05, 0) is 48.7 Å². The van der Waals surface area contributed by atoms with Crippen molar-refractivity contribution < 1.29 is 9.53 Å². The minimum atomic E-state index is -0.193. The van der Waals surface area contributed by atoms with Crippen LogP contribution < -0.4 is 15.4 Å². The van der Waals surface area contributed by atoms with Crippen LogP contribution in [-0.4, -0.2) is 19.1 Å². The molecule has 3 aromatic rings. The number of hydrogen-bond acceptors (Lipinski definition) is 3. The first-order valence-corrected chi connectivity index (χ1v) is 10.1. The summed E-state index contributed by atoms with van der Waals surface area (Å²) in [5.41, 5.74) is 2.61. The fourth-order valence-electron chi connectivity index (χ4n) is 2.83. The van der Waals surface area contributed by atoms with Crippen LogP contribution >= 0.6 is 23.2 Å². The summed E-state index contributed by atoms with van der Waals surface area (Å²) in [5.74, 6) is 0.459. The highest BCUT2D eigenvalue weighted by Crippen LogP contribution is 2.25. The molecule has 0 aromatic heterocycles. The van der Waals surface area contributed by atoms with Gasteiger partial charge >= 0.3 is 0 Å². The van der Waals surface area contributed by atoms with E-state index >= 15 is 0 Å². The van der Waals surface area contributed by atoms with E-state index in [1.807, 2.05) is 42.5 Å². The van der Waals surface area contributed by atoms with Crippen molar-refractivity contribution in [2.75, 3.05) is 23.8 Å². The van der Waals surface area contributed by atoms with Gasteiger partial charge in [0.1, 0.15) is 5.75 Å². The summed E-state index contributed by atoms with van der Waals surface area (Å²) in [6.07, 6.45) is 1.84. The molecule has 0 bridgehead atoms. The monoisotopic (exact) mass is 428 g/mol. The maximum atomic E-state index is 12.3. The molecule has 0 aliphatic rings. The fourth-order valence-corrected chi connectivity index (χ4v) is 3.36. The van der Waals surface area contributed by atoms with E-state index in [0.29, 0.717) is 33.8 Å². The van der Waals surface area contributed by atoms with E-state index in [1.165, 1.54) is 5.56 Å². The number of aryl methyl sites for hydroxylation is 1. The highest BCUT2D eigenvalue weighted by Gasteiger charge is 2.08. The summed E-state index contributed by atoms with van der Waals surface area (Å²) in [6.45, 7) is 0.653. The number of rotatable bonds is 9. The predicted molar refractivity (Wildman–Crippen MR) is 120 cm³/mol. The first kappa shape index (κ1) is 21.0. The summed E-state index contributed by atoms with van der Waals surface area (Å²) in [5, 5.41) is 6.91. The zero-order chi connectivity index (χ0) is 20.5. The second-order valence-corrected chi connectivity index (χ2v) is 7.37. The van der Waals surface area contributed by atoms with Crippen LogP contribution in [0.25, 0.3) is 0 Å². The number of anilines is 2. The highest BCUT2D eigenvalue weighted by molar-refractivity contribution is 6.35. The van der Waals surface area contributed by atoms with Crippen LogP contribution in [0, 0.1) is 0 Å². The number of carbonyl (C=O) groups excluding carboxylic acids is 1. The zero-order valence-electron chi connectivity index (χ0n) is 15.8. The molecule has 4 nitrogen and oxygen atoms in total. The lowest BCUT2D eigenvalue weighted by Gasteiger charge is -2.13. The molecule has 0 saturated heterocycles. The topological polar surface area (TPSA) is 50.4 Å². The molecule has 150 valence electrons. The number of halogens is 2. The quantitative estimate of drug-likeness (QED) is 0.407. The molecule has 0 unspecified atom stereocenters. The van der Waals surface area contributed by atoms with Crippen LogP contribution in [0.2, 0.25) is 10.0 Å². The van der Waals surface area contributed by atoms with Gasteiger partial charge in [0.25, 0.3) is 0 Å². The van der Waals surface area contributed by atoms with Gasteiger partial charge in [-0.15, -0.1) is 0 Å². The van der Waals surface area contributed by atoms with E-state index in [-0.39, 0.29) is 12.5 Å². The third-order valence-corrected chi connectivity index (χ3v) is 4.62. The van der Waals surface area contributed by atoms with Gasteiger partial charge in [0.15, 0.2) is 0 Å². The lowest BCUT2D eigenvalue weighted by Crippen LogP contribution is -2.22. The van der Waals surface area contributed by atoms with Crippen LogP contribution in [-0.2, 0) is 11.2 Å². The van der Waals surface area contributed by atoms with Crippen LogP contribution in [0.15, 0.2) is 72.8 Å². The van der Waals surface area contributed by atoms with Gasteiger partial charge in [-0.3, -0.25) is 4.79 Å². The molecule has 0 fully saturated rings. The number of ether oxygens (including phenoxy) is 1. The normalized spacial score (nSPS) is 10.4. The molecule has 2 N–H and O–H groups in total. The number of para-hydroxylation sites is 2. The van der Waals surface area contributed by atoms with Gasteiger partial charge in [-0.25, -0.2) is 0 Å². The Labute approximate surface area is 180 Å². The second kappa shape index (κ2) is 10.7. The number of benzene rings is 3. The maximum absolute atomic E-state index is 12.3. The van der Waals surface area contributed by atoms with Gasteiger partial charge in [0.05, 0.1) is 18.8 Å². The molecule has 0 atom stereocenters. The van der Waals surface area contributed by atoms with E-state index in [4.69, 9.17) is 27.9 Å². The number of carbonyl (C=O) groups is 1. The smallest absolute Gasteiger partial charge is 0.243 e. The van der Waals surface area contributed by atoms with Crippen molar-refractivity contribution in [3.63, 3.8) is 0 Å². The molecule has 0 aliphatic heterocycles. The SMILES string of the molecule is O=C(CNc1cc(Cl)cc(Cl)c1)Nc1ccccc1OCCCc1ccccc1. The Morgan fingerprint density at radius 3 is 2.34 bits per heavy atom. The lowest BCUT2D eigenvalue weighted by atomic mass is 10.1. The van der Waals surface area contributed by atoms with Crippen molar-refractivity contribution in [1.82, 2.24) is 0 Å². The van der Waals surface area contributed by atoms with Crippen molar-refractivity contribution in [3.8, 4) is 5.75 Å². The van der Waals surface area contributed by atoms with E-state index in [2.05, 4.69) is 22.8 Å². The number of hydrogen-bond donors (Lipinski definition) is 2. The molecule has 0 spiro atoms. The van der Waals surface area contributed by atoms with Crippen molar-refractivity contribution in [1.29, 1.82) is 0 Å². The predicted octanol–water partition coefficient (Wildman–Crippen LogP) is 6.06. The summed E-state index contributed by atoms with van der Waals surface area (Å²) in [4.78, 5) is 12.3. The number of amides is 1. The van der Waals surface area contributed by atoms with Crippen LogP contribution in [0.1, 0.15) is 12.0 Å². The van der Waals surface area contributed by atoms with Crippen LogP contribution in [0.5, 0.6) is 5.75 Å². The van der Waals surface area contributed by atoms with Gasteiger partial charge in [-0.2, -0.15) is 0 Å². The van der Waals surface area contributed by atoms with Crippen LogP contribution in [0.4, 0.5) is 11.4 Å². The third kappa shape index (κ3) is 7.00. The standard InChI is InChI=1S/C23H22Cl2N2O2/c24-18-13-19(25)15-20(14-18)26-16-23(28)27-21-10-4-5-11-22(21)29-12-6-9-17-7-2-1-3-8-17/h1-5,7-8,10-11,13-15,26H,6,9,12,16H2,(H,27,28).